The summed E-state index contributed by atoms with van der Waals surface area (Å²) >= 11 is 0. The molecule has 0 spiro atoms. The number of hydrogen-bond donors (Lipinski definition) is 1. The standard InChI is InChI=1S/C14H16N4/c15-12-3-1-2-4-13-11(12)9-17-14(18-13)10-5-7-16-8-6-10/h5-9,12H,1-4,15H2. The lowest BCUT2D eigenvalue weighted by Crippen LogP contribution is -2.12. The Balaban J connectivity index is 2.03. The first kappa shape index (κ1) is 11.3. The first-order valence-corrected chi connectivity index (χ1v) is 6.36. The lowest BCUT2D eigenvalue weighted by atomic mass is 10.1. The molecule has 1 atom stereocenters. The van der Waals surface area contributed by atoms with Gasteiger partial charge in [-0.05, 0) is 31.4 Å². The summed E-state index contributed by atoms with van der Waals surface area (Å²) in [5, 5.41) is 0. The third-order valence-electron chi connectivity index (χ3n) is 3.42. The third kappa shape index (κ3) is 2.11. The van der Waals surface area contributed by atoms with Gasteiger partial charge < -0.3 is 5.73 Å². The molecule has 3 rings (SSSR count). The summed E-state index contributed by atoms with van der Waals surface area (Å²) in [5.74, 6) is 0.769. The van der Waals surface area contributed by atoms with Crippen molar-refractivity contribution in [2.24, 2.45) is 5.73 Å². The molecule has 4 heteroatoms. The Hall–Kier alpha value is -1.81. The van der Waals surface area contributed by atoms with Crippen LogP contribution in [0.2, 0.25) is 0 Å². The fourth-order valence-electron chi connectivity index (χ4n) is 2.39. The molecule has 1 aliphatic rings. The summed E-state index contributed by atoms with van der Waals surface area (Å²) in [7, 11) is 0. The Morgan fingerprint density at radius 1 is 1.17 bits per heavy atom. The fraction of sp³-hybridized carbons (Fsp3) is 0.357. The van der Waals surface area contributed by atoms with Gasteiger partial charge in [0.05, 0.1) is 0 Å². The minimum Gasteiger partial charge on any atom is -0.324 e. The van der Waals surface area contributed by atoms with E-state index in [0.717, 1.165) is 41.9 Å². The molecule has 0 saturated carbocycles. The van der Waals surface area contributed by atoms with Crippen LogP contribution in [-0.2, 0) is 6.42 Å². The minimum absolute atomic E-state index is 0.0917. The number of aromatic nitrogens is 3. The molecule has 18 heavy (non-hydrogen) atoms. The summed E-state index contributed by atoms with van der Waals surface area (Å²) < 4.78 is 0. The van der Waals surface area contributed by atoms with Gasteiger partial charge in [-0.2, -0.15) is 0 Å². The second kappa shape index (κ2) is 4.82. The van der Waals surface area contributed by atoms with E-state index < -0.39 is 0 Å². The van der Waals surface area contributed by atoms with Gasteiger partial charge in [0.15, 0.2) is 5.82 Å². The maximum absolute atomic E-state index is 6.15. The zero-order valence-electron chi connectivity index (χ0n) is 10.2. The molecule has 0 fully saturated rings. The van der Waals surface area contributed by atoms with E-state index >= 15 is 0 Å². The van der Waals surface area contributed by atoms with Gasteiger partial charge in [0, 0.05) is 41.5 Å². The molecule has 2 N–H and O–H groups in total. The number of nitrogens with two attached hydrogens (primary N) is 1. The maximum atomic E-state index is 6.15. The number of nitrogens with zero attached hydrogens (tertiary/aromatic N) is 3. The summed E-state index contributed by atoms with van der Waals surface area (Å²) in [6, 6.07) is 3.95. The zero-order chi connectivity index (χ0) is 12.4. The molecule has 2 heterocycles. The Kier molecular flexibility index (Phi) is 3.02. The van der Waals surface area contributed by atoms with Crippen LogP contribution in [0.5, 0.6) is 0 Å². The van der Waals surface area contributed by atoms with Crippen LogP contribution >= 0.6 is 0 Å². The number of pyridine rings is 1. The quantitative estimate of drug-likeness (QED) is 0.776. The van der Waals surface area contributed by atoms with E-state index in [1.165, 1.54) is 6.42 Å². The van der Waals surface area contributed by atoms with Gasteiger partial charge in [-0.15, -0.1) is 0 Å². The number of fused-ring (bicyclic) bond motifs is 1. The van der Waals surface area contributed by atoms with E-state index in [1.54, 1.807) is 12.4 Å². The highest BCUT2D eigenvalue weighted by Gasteiger charge is 2.17. The number of rotatable bonds is 1. The van der Waals surface area contributed by atoms with Crippen molar-refractivity contribution in [3.05, 3.63) is 42.0 Å². The van der Waals surface area contributed by atoms with Crippen molar-refractivity contribution in [3.8, 4) is 11.4 Å². The van der Waals surface area contributed by atoms with Gasteiger partial charge >= 0.3 is 0 Å². The summed E-state index contributed by atoms with van der Waals surface area (Å²) in [4.78, 5) is 13.1. The normalized spacial score (nSPS) is 19.1. The van der Waals surface area contributed by atoms with Crippen LogP contribution in [0.1, 0.15) is 36.6 Å². The molecule has 1 aliphatic carbocycles. The van der Waals surface area contributed by atoms with E-state index in [-0.39, 0.29) is 6.04 Å². The summed E-state index contributed by atoms with van der Waals surface area (Å²) in [6.07, 6.45) is 9.78. The fourth-order valence-corrected chi connectivity index (χ4v) is 2.39. The highest BCUT2D eigenvalue weighted by molar-refractivity contribution is 5.54. The van der Waals surface area contributed by atoms with Crippen LogP contribution in [0.3, 0.4) is 0 Å². The van der Waals surface area contributed by atoms with Crippen molar-refractivity contribution in [2.45, 2.75) is 31.7 Å². The van der Waals surface area contributed by atoms with Gasteiger partial charge in [-0.25, -0.2) is 9.97 Å². The minimum atomic E-state index is 0.0917. The molecule has 0 radical (unpaired) electrons. The third-order valence-corrected chi connectivity index (χ3v) is 3.42. The molecule has 0 amide bonds. The largest absolute Gasteiger partial charge is 0.324 e. The second-order valence-electron chi connectivity index (χ2n) is 4.68. The molecule has 0 aliphatic heterocycles. The van der Waals surface area contributed by atoms with Crippen molar-refractivity contribution in [2.75, 3.05) is 0 Å². The van der Waals surface area contributed by atoms with Crippen molar-refractivity contribution < 1.29 is 0 Å². The average molecular weight is 240 g/mol. The molecule has 0 saturated heterocycles. The van der Waals surface area contributed by atoms with Crippen molar-refractivity contribution >= 4 is 0 Å². The molecular weight excluding hydrogens is 224 g/mol. The van der Waals surface area contributed by atoms with Gasteiger partial charge in [-0.3, -0.25) is 4.98 Å². The van der Waals surface area contributed by atoms with Crippen molar-refractivity contribution in [1.29, 1.82) is 0 Å². The van der Waals surface area contributed by atoms with Gasteiger partial charge in [-0.1, -0.05) is 6.42 Å². The van der Waals surface area contributed by atoms with Crippen LogP contribution in [0.15, 0.2) is 30.7 Å². The van der Waals surface area contributed by atoms with E-state index in [0.29, 0.717) is 0 Å². The second-order valence-corrected chi connectivity index (χ2v) is 4.68. The topological polar surface area (TPSA) is 64.7 Å². The van der Waals surface area contributed by atoms with E-state index in [9.17, 15) is 0 Å². The van der Waals surface area contributed by atoms with Gasteiger partial charge in [0.1, 0.15) is 0 Å². The highest BCUT2D eigenvalue weighted by Crippen LogP contribution is 2.26. The Labute approximate surface area is 106 Å². The van der Waals surface area contributed by atoms with E-state index in [4.69, 9.17) is 5.73 Å². The van der Waals surface area contributed by atoms with Gasteiger partial charge in [0.25, 0.3) is 0 Å². The van der Waals surface area contributed by atoms with Crippen LogP contribution in [0.25, 0.3) is 11.4 Å². The molecule has 2 aromatic rings. The zero-order valence-corrected chi connectivity index (χ0v) is 10.2. The number of hydrogen-bond acceptors (Lipinski definition) is 4. The first-order valence-electron chi connectivity index (χ1n) is 6.36. The highest BCUT2D eigenvalue weighted by atomic mass is 14.9. The molecule has 0 bridgehead atoms. The van der Waals surface area contributed by atoms with E-state index in [2.05, 4.69) is 15.0 Å². The monoisotopic (exact) mass is 240 g/mol. The van der Waals surface area contributed by atoms with Crippen LogP contribution < -0.4 is 5.73 Å². The van der Waals surface area contributed by atoms with Crippen molar-refractivity contribution in [1.82, 2.24) is 15.0 Å². The Bertz CT molecular complexity index is 539. The Morgan fingerprint density at radius 2 is 2.00 bits per heavy atom. The van der Waals surface area contributed by atoms with Crippen LogP contribution in [0, 0.1) is 0 Å². The number of aryl methyl sites for hydroxylation is 1. The first-order chi connectivity index (χ1) is 8.84. The molecule has 92 valence electrons. The molecule has 4 nitrogen and oxygen atoms in total. The smallest absolute Gasteiger partial charge is 0.159 e. The van der Waals surface area contributed by atoms with Gasteiger partial charge in [0.2, 0.25) is 0 Å². The Morgan fingerprint density at radius 3 is 2.83 bits per heavy atom. The van der Waals surface area contributed by atoms with Crippen molar-refractivity contribution in [3.63, 3.8) is 0 Å². The summed E-state index contributed by atoms with van der Waals surface area (Å²) in [6.45, 7) is 0. The SMILES string of the molecule is NC1CCCCc2nc(-c3ccncc3)ncc21. The van der Waals surface area contributed by atoms with Crippen LogP contribution in [0.4, 0.5) is 0 Å². The maximum Gasteiger partial charge on any atom is 0.159 e. The molecule has 1 unspecified atom stereocenters. The average Bonchev–Trinajstić information content (AvgIpc) is 2.61. The molecular formula is C14H16N4. The lowest BCUT2D eigenvalue weighted by Gasteiger charge is -2.12. The molecule has 0 aromatic carbocycles. The van der Waals surface area contributed by atoms with E-state index in [1.807, 2.05) is 18.3 Å². The predicted octanol–water partition coefficient (Wildman–Crippen LogP) is 2.26. The lowest BCUT2D eigenvalue weighted by molar-refractivity contribution is 0.614. The van der Waals surface area contributed by atoms with Crippen LogP contribution in [-0.4, -0.2) is 15.0 Å². The summed E-state index contributed by atoms with van der Waals surface area (Å²) in [5.41, 5.74) is 9.38. The molecule has 2 aromatic heterocycles. The predicted molar refractivity (Wildman–Crippen MR) is 69.7 cm³/mol.